The van der Waals surface area contributed by atoms with Crippen molar-refractivity contribution in [1.29, 1.82) is 0 Å². The number of urea groups is 2. The first kappa shape index (κ1) is 21.6. The maximum absolute atomic E-state index is 12.4. The lowest BCUT2D eigenvalue weighted by molar-refractivity contribution is -0.386. The number of carbonyl (C=O) groups is 2. The highest BCUT2D eigenvalue weighted by Gasteiger charge is 2.46. The topological polar surface area (TPSA) is 209 Å². The number of hydrogen-bond acceptors (Lipinski definition) is 8. The van der Waals surface area contributed by atoms with Gasteiger partial charge in [0.2, 0.25) is 0 Å². The van der Waals surface area contributed by atoms with Gasteiger partial charge >= 0.3 is 23.4 Å². The van der Waals surface area contributed by atoms with Crippen molar-refractivity contribution in [3.8, 4) is 11.5 Å². The Balaban J connectivity index is 1.66. The van der Waals surface area contributed by atoms with Crippen LogP contribution in [0.1, 0.15) is 36.1 Å². The average Bonchev–Trinajstić information content (AvgIpc) is 2.72. The van der Waals surface area contributed by atoms with Crippen LogP contribution in [0.5, 0.6) is 11.5 Å². The average molecular weight is 458 g/mol. The van der Waals surface area contributed by atoms with Gasteiger partial charge in [-0.15, -0.1) is 0 Å². The van der Waals surface area contributed by atoms with E-state index in [2.05, 4.69) is 21.3 Å². The van der Waals surface area contributed by atoms with Crippen molar-refractivity contribution in [2.75, 3.05) is 0 Å². The molecular formula is C19H18N6O8. The summed E-state index contributed by atoms with van der Waals surface area (Å²) < 4.78 is 0. The third-order valence-corrected chi connectivity index (χ3v) is 5.62. The SMILES string of the molecule is O=C1NC(c2ccc(O)c([N+](=O)[O-])c2)CC2(CC(c3ccc(O)c([N+](=O)[O-])c3)NC(=O)N2)N1. The van der Waals surface area contributed by atoms with Crippen molar-refractivity contribution in [2.24, 2.45) is 0 Å². The first-order chi connectivity index (χ1) is 15.6. The van der Waals surface area contributed by atoms with Crippen LogP contribution in [-0.2, 0) is 0 Å². The van der Waals surface area contributed by atoms with E-state index in [1.807, 2.05) is 0 Å². The summed E-state index contributed by atoms with van der Waals surface area (Å²) in [7, 11) is 0. The number of nitrogens with one attached hydrogen (secondary N) is 4. The molecular weight excluding hydrogens is 440 g/mol. The predicted octanol–water partition coefficient (Wildman–Crippen LogP) is 1.80. The number of rotatable bonds is 4. The van der Waals surface area contributed by atoms with E-state index in [1.54, 1.807) is 0 Å². The lowest BCUT2D eigenvalue weighted by Crippen LogP contribution is -2.72. The number of amides is 4. The van der Waals surface area contributed by atoms with Gasteiger partial charge < -0.3 is 31.5 Å². The van der Waals surface area contributed by atoms with Crippen LogP contribution in [0.4, 0.5) is 21.0 Å². The number of carbonyl (C=O) groups excluding carboxylic acids is 2. The van der Waals surface area contributed by atoms with Crippen LogP contribution >= 0.6 is 0 Å². The molecule has 14 heteroatoms. The fourth-order valence-electron chi connectivity index (χ4n) is 4.15. The third kappa shape index (κ3) is 4.13. The number of nitro groups is 2. The van der Waals surface area contributed by atoms with Crippen LogP contribution < -0.4 is 21.3 Å². The van der Waals surface area contributed by atoms with Gasteiger partial charge in [-0.3, -0.25) is 20.2 Å². The molecule has 4 rings (SSSR count). The van der Waals surface area contributed by atoms with Crippen LogP contribution in [0.15, 0.2) is 36.4 Å². The normalized spacial score (nSPS) is 24.2. The van der Waals surface area contributed by atoms with E-state index in [-0.39, 0.29) is 12.8 Å². The minimum atomic E-state index is -1.28. The van der Waals surface area contributed by atoms with E-state index >= 15 is 0 Å². The monoisotopic (exact) mass is 458 g/mol. The number of phenolic OH excluding ortho intramolecular Hbond substituents is 2. The summed E-state index contributed by atoms with van der Waals surface area (Å²) in [6.45, 7) is 0. The van der Waals surface area contributed by atoms with E-state index in [9.17, 15) is 40.0 Å². The quantitative estimate of drug-likeness (QED) is 0.293. The lowest BCUT2D eigenvalue weighted by Gasteiger charge is -2.47. The van der Waals surface area contributed by atoms with Crippen LogP contribution in [0.25, 0.3) is 0 Å². The molecule has 0 radical (unpaired) electrons. The Labute approximate surface area is 184 Å². The maximum atomic E-state index is 12.4. The van der Waals surface area contributed by atoms with Crippen molar-refractivity contribution < 1.29 is 29.6 Å². The van der Waals surface area contributed by atoms with E-state index in [1.165, 1.54) is 12.1 Å². The number of hydrogen-bond donors (Lipinski definition) is 6. The second-order valence-electron chi connectivity index (χ2n) is 7.80. The highest BCUT2D eigenvalue weighted by Crippen LogP contribution is 2.38. The molecule has 2 aliphatic rings. The molecule has 6 N–H and O–H groups in total. The van der Waals surface area contributed by atoms with Crippen molar-refractivity contribution in [1.82, 2.24) is 21.3 Å². The molecule has 0 aliphatic carbocycles. The molecule has 0 aromatic heterocycles. The Bertz CT molecular complexity index is 1090. The van der Waals surface area contributed by atoms with E-state index < -0.39 is 62.5 Å². The maximum Gasteiger partial charge on any atom is 0.317 e. The first-order valence-corrected chi connectivity index (χ1v) is 9.69. The van der Waals surface area contributed by atoms with Gasteiger partial charge in [-0.1, -0.05) is 12.1 Å². The Morgan fingerprint density at radius 3 is 1.55 bits per heavy atom. The minimum Gasteiger partial charge on any atom is -0.502 e. The van der Waals surface area contributed by atoms with E-state index in [0.29, 0.717) is 11.1 Å². The van der Waals surface area contributed by atoms with Crippen LogP contribution in [0.2, 0.25) is 0 Å². The van der Waals surface area contributed by atoms with Gasteiger partial charge in [-0.25, -0.2) is 9.59 Å². The molecule has 33 heavy (non-hydrogen) atoms. The van der Waals surface area contributed by atoms with Gasteiger partial charge in [-0.05, 0) is 23.3 Å². The molecule has 172 valence electrons. The smallest absolute Gasteiger partial charge is 0.317 e. The van der Waals surface area contributed by atoms with Gasteiger partial charge in [-0.2, -0.15) is 0 Å². The molecule has 2 unspecified atom stereocenters. The number of nitrogens with zero attached hydrogens (tertiary/aromatic N) is 2. The molecule has 2 atom stereocenters. The Kier molecular flexibility index (Phi) is 5.12. The van der Waals surface area contributed by atoms with Crippen molar-refractivity contribution in [3.05, 3.63) is 67.8 Å². The fourth-order valence-corrected chi connectivity index (χ4v) is 4.15. The number of nitro benzene ring substituents is 2. The van der Waals surface area contributed by atoms with Gasteiger partial charge in [0, 0.05) is 25.0 Å². The molecule has 2 aliphatic heterocycles. The van der Waals surface area contributed by atoms with Crippen LogP contribution in [-0.4, -0.2) is 37.8 Å². The van der Waals surface area contributed by atoms with Crippen molar-refractivity contribution >= 4 is 23.4 Å². The summed E-state index contributed by atoms with van der Waals surface area (Å²) in [4.78, 5) is 45.7. The van der Waals surface area contributed by atoms with Gasteiger partial charge in [0.25, 0.3) is 0 Å². The second-order valence-corrected chi connectivity index (χ2v) is 7.80. The molecule has 2 heterocycles. The zero-order valence-corrected chi connectivity index (χ0v) is 16.8. The molecule has 2 fully saturated rings. The highest BCUT2D eigenvalue weighted by atomic mass is 16.6. The van der Waals surface area contributed by atoms with E-state index in [0.717, 1.165) is 24.3 Å². The summed E-state index contributed by atoms with van der Waals surface area (Å²) in [6.07, 6.45) is 0.176. The standard InChI is InChI=1S/C19H18N6O8/c26-15-3-1-9(5-13(15)24(30)31)11-7-19(22-17(28)20-11)8-12(21-18(29)23-19)10-2-4-16(27)14(6-10)25(32)33/h1-6,11-12,26-27H,7-8H2,(H2,20,22,28)(H2,21,23,29). The number of benzene rings is 2. The largest absolute Gasteiger partial charge is 0.502 e. The molecule has 2 aromatic rings. The molecule has 14 nitrogen and oxygen atoms in total. The molecule has 2 saturated heterocycles. The van der Waals surface area contributed by atoms with Gasteiger partial charge in [0.15, 0.2) is 11.5 Å². The third-order valence-electron chi connectivity index (χ3n) is 5.62. The molecule has 2 aromatic carbocycles. The Hall–Kier alpha value is -4.62. The first-order valence-electron chi connectivity index (χ1n) is 9.69. The van der Waals surface area contributed by atoms with Gasteiger partial charge in [0.05, 0.1) is 21.9 Å². The zero-order valence-electron chi connectivity index (χ0n) is 16.8. The summed E-state index contributed by atoms with van der Waals surface area (Å²) in [5.74, 6) is -1.05. The molecule has 0 bridgehead atoms. The molecule has 0 saturated carbocycles. The van der Waals surface area contributed by atoms with Gasteiger partial charge in [0.1, 0.15) is 5.66 Å². The Morgan fingerprint density at radius 2 is 1.18 bits per heavy atom. The van der Waals surface area contributed by atoms with Crippen LogP contribution in [0, 0.1) is 20.2 Å². The molecule has 4 amide bonds. The number of aromatic hydroxyl groups is 2. The Morgan fingerprint density at radius 1 is 0.788 bits per heavy atom. The number of phenols is 2. The lowest BCUT2D eigenvalue weighted by atomic mass is 9.84. The van der Waals surface area contributed by atoms with Crippen molar-refractivity contribution in [3.63, 3.8) is 0 Å². The van der Waals surface area contributed by atoms with E-state index in [4.69, 9.17) is 0 Å². The summed E-state index contributed by atoms with van der Waals surface area (Å²) >= 11 is 0. The summed E-state index contributed by atoms with van der Waals surface area (Å²) in [6, 6.07) is 4.66. The minimum absolute atomic E-state index is 0.0881. The van der Waals surface area contributed by atoms with Crippen LogP contribution in [0.3, 0.4) is 0 Å². The molecule has 1 spiro atoms. The fraction of sp³-hybridized carbons (Fsp3) is 0.263. The second kappa shape index (κ2) is 7.81. The zero-order chi connectivity index (χ0) is 23.9. The summed E-state index contributed by atoms with van der Waals surface area (Å²) in [5.41, 5.74) is -1.65. The van der Waals surface area contributed by atoms with Crippen molar-refractivity contribution in [2.45, 2.75) is 30.6 Å². The predicted molar refractivity (Wildman–Crippen MR) is 110 cm³/mol. The summed E-state index contributed by atoms with van der Waals surface area (Å²) in [5, 5.41) is 52.4. The highest BCUT2D eigenvalue weighted by molar-refractivity contribution is 5.81.